The molecule has 144 valence electrons. The Morgan fingerprint density at radius 1 is 1.11 bits per heavy atom. The second-order valence-electron chi connectivity index (χ2n) is 5.89. The van der Waals surface area contributed by atoms with Gasteiger partial charge in [0.2, 0.25) is 11.8 Å². The van der Waals surface area contributed by atoms with E-state index in [2.05, 4.69) is 27.3 Å². The summed E-state index contributed by atoms with van der Waals surface area (Å²) in [4.78, 5) is 4.43. The molecule has 0 amide bonds. The minimum absolute atomic E-state index is 0.0963. The fourth-order valence-corrected chi connectivity index (χ4v) is 3.09. The van der Waals surface area contributed by atoms with Gasteiger partial charge in [0.05, 0.1) is 19.5 Å². The molecule has 0 radical (unpaired) electrons. The van der Waals surface area contributed by atoms with Crippen molar-refractivity contribution in [1.29, 1.82) is 0 Å². The fraction of sp³-hybridized carbons (Fsp3) is 0.444. The van der Waals surface area contributed by atoms with Crippen molar-refractivity contribution in [3.63, 3.8) is 0 Å². The average Bonchev–Trinajstić information content (AvgIpc) is 3.35. The van der Waals surface area contributed by atoms with E-state index in [1.807, 2.05) is 19.1 Å². The molecule has 0 fully saturated rings. The van der Waals surface area contributed by atoms with Crippen molar-refractivity contribution in [3.05, 3.63) is 29.9 Å². The number of benzene rings is 1. The molecule has 2 heterocycles. The maximum atomic E-state index is 5.77. The molecule has 0 N–H and O–H groups in total. The van der Waals surface area contributed by atoms with Crippen LogP contribution in [0.3, 0.4) is 0 Å². The number of nitrogens with zero attached hydrogens (tertiary/aromatic N) is 4. The van der Waals surface area contributed by atoms with Crippen LogP contribution >= 0.6 is 11.8 Å². The highest BCUT2D eigenvalue weighted by Gasteiger charge is 2.20. The summed E-state index contributed by atoms with van der Waals surface area (Å²) in [7, 11) is 3.18. The zero-order valence-corrected chi connectivity index (χ0v) is 16.6. The monoisotopic (exact) mass is 390 g/mol. The number of ether oxygens (including phenoxy) is 2. The van der Waals surface area contributed by atoms with Crippen molar-refractivity contribution in [1.82, 2.24) is 20.3 Å². The SMILES string of the molecule is CCCCc1noc(C(C)Sc2nnc(-c3cc(OC)cc(OC)c3)o2)n1. The summed E-state index contributed by atoms with van der Waals surface area (Å²) in [6.07, 6.45) is 2.95. The zero-order chi connectivity index (χ0) is 19.2. The topological polar surface area (TPSA) is 96.3 Å². The Morgan fingerprint density at radius 3 is 2.52 bits per heavy atom. The number of hydrogen-bond acceptors (Lipinski definition) is 9. The molecule has 0 aliphatic carbocycles. The smallest absolute Gasteiger partial charge is 0.277 e. The van der Waals surface area contributed by atoms with Gasteiger partial charge < -0.3 is 18.4 Å². The van der Waals surface area contributed by atoms with E-state index in [-0.39, 0.29) is 5.25 Å². The van der Waals surface area contributed by atoms with E-state index in [1.165, 1.54) is 11.8 Å². The Bertz CT molecular complexity index is 858. The third-order valence-electron chi connectivity index (χ3n) is 3.87. The molecule has 0 spiro atoms. The normalized spacial score (nSPS) is 12.1. The molecule has 0 bridgehead atoms. The summed E-state index contributed by atoms with van der Waals surface area (Å²) in [5, 5.41) is 12.6. The van der Waals surface area contributed by atoms with Gasteiger partial charge in [-0.25, -0.2) is 0 Å². The summed E-state index contributed by atoms with van der Waals surface area (Å²) in [5.41, 5.74) is 0.720. The van der Waals surface area contributed by atoms with Crippen LogP contribution in [0.25, 0.3) is 11.5 Å². The van der Waals surface area contributed by atoms with Crippen LogP contribution in [0, 0.1) is 0 Å². The van der Waals surface area contributed by atoms with E-state index in [0.29, 0.717) is 28.5 Å². The van der Waals surface area contributed by atoms with E-state index in [1.54, 1.807) is 20.3 Å². The zero-order valence-electron chi connectivity index (χ0n) is 15.8. The molecule has 1 unspecified atom stereocenters. The van der Waals surface area contributed by atoms with Crippen LogP contribution in [-0.2, 0) is 6.42 Å². The summed E-state index contributed by atoms with van der Waals surface area (Å²) < 4.78 is 21.7. The molecular formula is C18H22N4O4S. The quantitative estimate of drug-likeness (QED) is 0.494. The lowest BCUT2D eigenvalue weighted by atomic mass is 10.2. The Labute approximate surface area is 161 Å². The van der Waals surface area contributed by atoms with Crippen molar-refractivity contribution < 1.29 is 18.4 Å². The van der Waals surface area contributed by atoms with Crippen molar-refractivity contribution >= 4 is 11.8 Å². The molecular weight excluding hydrogens is 368 g/mol. The number of thioether (sulfide) groups is 1. The lowest BCUT2D eigenvalue weighted by Gasteiger charge is -2.05. The standard InChI is InChI=1S/C18H22N4O4S/c1-5-6-7-15-19-16(26-22-15)11(2)27-18-21-20-17(25-18)12-8-13(23-3)10-14(9-12)24-4/h8-11H,5-7H2,1-4H3. The highest BCUT2D eigenvalue weighted by molar-refractivity contribution is 7.99. The maximum absolute atomic E-state index is 5.77. The summed E-state index contributed by atoms with van der Waals surface area (Å²) in [6, 6.07) is 5.40. The number of methoxy groups -OCH3 is 2. The van der Waals surface area contributed by atoms with Crippen LogP contribution < -0.4 is 9.47 Å². The van der Waals surface area contributed by atoms with Crippen LogP contribution in [0.1, 0.15) is 43.7 Å². The summed E-state index contributed by atoms with van der Waals surface area (Å²) in [5.74, 6) is 2.96. The largest absolute Gasteiger partial charge is 0.497 e. The van der Waals surface area contributed by atoms with Crippen LogP contribution in [0.5, 0.6) is 11.5 Å². The molecule has 2 aromatic heterocycles. The van der Waals surface area contributed by atoms with E-state index in [0.717, 1.165) is 30.7 Å². The van der Waals surface area contributed by atoms with Crippen LogP contribution in [0.15, 0.2) is 32.4 Å². The van der Waals surface area contributed by atoms with E-state index in [4.69, 9.17) is 18.4 Å². The third kappa shape index (κ3) is 4.79. The Balaban J connectivity index is 1.71. The fourth-order valence-electron chi connectivity index (χ4n) is 2.38. The number of unbranched alkanes of at least 4 members (excludes halogenated alkanes) is 1. The molecule has 0 aliphatic heterocycles. The molecule has 1 aromatic carbocycles. The van der Waals surface area contributed by atoms with Crippen LogP contribution in [0.2, 0.25) is 0 Å². The number of aromatic nitrogens is 4. The minimum Gasteiger partial charge on any atom is -0.497 e. The molecule has 27 heavy (non-hydrogen) atoms. The summed E-state index contributed by atoms with van der Waals surface area (Å²) >= 11 is 1.37. The second kappa shape index (κ2) is 8.90. The van der Waals surface area contributed by atoms with Crippen LogP contribution in [0.4, 0.5) is 0 Å². The molecule has 0 aliphatic rings. The van der Waals surface area contributed by atoms with Gasteiger partial charge in [-0.3, -0.25) is 0 Å². The predicted molar refractivity (Wildman–Crippen MR) is 100 cm³/mol. The van der Waals surface area contributed by atoms with E-state index in [9.17, 15) is 0 Å². The van der Waals surface area contributed by atoms with E-state index < -0.39 is 0 Å². The van der Waals surface area contributed by atoms with Gasteiger partial charge in [-0.15, -0.1) is 10.2 Å². The lowest BCUT2D eigenvalue weighted by Crippen LogP contribution is -1.91. The molecule has 8 nitrogen and oxygen atoms in total. The van der Waals surface area contributed by atoms with Crippen molar-refractivity contribution in [2.45, 2.75) is 43.6 Å². The molecule has 0 saturated carbocycles. The van der Waals surface area contributed by atoms with Gasteiger partial charge in [0.1, 0.15) is 11.5 Å². The van der Waals surface area contributed by atoms with Gasteiger partial charge in [-0.1, -0.05) is 30.3 Å². The Morgan fingerprint density at radius 2 is 1.85 bits per heavy atom. The van der Waals surface area contributed by atoms with Gasteiger partial charge >= 0.3 is 0 Å². The molecule has 0 saturated heterocycles. The van der Waals surface area contributed by atoms with E-state index >= 15 is 0 Å². The van der Waals surface area contributed by atoms with Crippen molar-refractivity contribution in [3.8, 4) is 23.0 Å². The first-order valence-corrected chi connectivity index (χ1v) is 9.57. The third-order valence-corrected chi connectivity index (χ3v) is 4.79. The molecule has 9 heteroatoms. The number of aryl methyl sites for hydroxylation is 1. The number of hydrogen-bond donors (Lipinski definition) is 0. The summed E-state index contributed by atoms with van der Waals surface area (Å²) in [6.45, 7) is 4.09. The van der Waals surface area contributed by atoms with Gasteiger partial charge in [0.15, 0.2) is 5.82 Å². The van der Waals surface area contributed by atoms with Gasteiger partial charge in [0.25, 0.3) is 5.22 Å². The predicted octanol–water partition coefficient (Wildman–Crippen LogP) is 4.33. The Hall–Kier alpha value is -2.55. The Kier molecular flexibility index (Phi) is 6.33. The molecule has 3 rings (SSSR count). The maximum Gasteiger partial charge on any atom is 0.277 e. The number of rotatable bonds is 9. The van der Waals surface area contributed by atoms with Gasteiger partial charge in [0, 0.05) is 18.1 Å². The van der Waals surface area contributed by atoms with Gasteiger partial charge in [-0.2, -0.15) is 4.98 Å². The van der Waals surface area contributed by atoms with Crippen molar-refractivity contribution in [2.24, 2.45) is 0 Å². The highest BCUT2D eigenvalue weighted by atomic mass is 32.2. The van der Waals surface area contributed by atoms with Crippen molar-refractivity contribution in [2.75, 3.05) is 14.2 Å². The first kappa shape index (κ1) is 19.2. The molecule has 1 atom stereocenters. The van der Waals surface area contributed by atoms with Crippen LogP contribution in [-0.4, -0.2) is 34.6 Å². The first-order chi connectivity index (χ1) is 13.1. The van der Waals surface area contributed by atoms with Gasteiger partial charge in [-0.05, 0) is 25.5 Å². The molecule has 3 aromatic rings. The highest BCUT2D eigenvalue weighted by Crippen LogP contribution is 2.35. The minimum atomic E-state index is -0.0963. The second-order valence-corrected chi connectivity index (χ2v) is 7.18. The average molecular weight is 390 g/mol. The first-order valence-electron chi connectivity index (χ1n) is 8.69. The lowest BCUT2D eigenvalue weighted by molar-refractivity contribution is 0.373.